The van der Waals surface area contributed by atoms with Gasteiger partial charge in [-0.25, -0.2) is 0 Å². The smallest absolute Gasteiger partial charge is 0.217 e. The predicted molar refractivity (Wildman–Crippen MR) is 288 cm³/mol. The Hall–Kier alpha value is -2.62. The first-order valence-corrected chi connectivity index (χ1v) is 30.2. The van der Waals surface area contributed by atoms with Gasteiger partial charge in [-0.1, -0.05) is 0 Å². The van der Waals surface area contributed by atoms with Gasteiger partial charge in [0.1, 0.15) is 195 Å². The van der Waals surface area contributed by atoms with Gasteiger partial charge in [-0.05, 0) is 0 Å². The van der Waals surface area contributed by atoms with E-state index in [-0.39, 0.29) is 0 Å². The standard InChI is InChI=1S/C52H88N2O41/c1-11(63)53-21-29(71)38(19(9-61)81-45(21)80)89-46-22(54-12(2)64)30(72)39(20(10-62)88-46)90-48-37(79)42(28(70)18(8-60)83-48)93-51-44(33(75)25(67)14(4-56)86-51)95-52-43(32(74)24(66)15(5-57)87-52)94-50-36(78)41(27(69)17(7-59)85-50)92-49-35(77)40(26(68)16(6-58)84-49)91-47-34(76)31(73)23(65)13(3-55)82-47/h13-52,55-62,65-80H,3-10H2,1-2H3,(H,53,63)(H,54,64)/t13-,14-,15-,16-,17-,18-,19-,20-,21-,22-,23-,24-,25-,26-,27-,28-,29-,30-,31+,32+,33+,34-,35-,36+,37+,38-,39-,40+,41+,42+,43+,44+,45?,46+,47-,48+,49-,50-,51-,52-/m1/s1. The Kier molecular flexibility index (Phi) is 27.9. The summed E-state index contributed by atoms with van der Waals surface area (Å²) in [5, 5.41) is 267. The van der Waals surface area contributed by atoms with Crippen molar-refractivity contribution in [3.05, 3.63) is 0 Å². The summed E-state index contributed by atoms with van der Waals surface area (Å²) in [6, 6.07) is -3.35. The molecule has 0 aromatic heterocycles. The van der Waals surface area contributed by atoms with Gasteiger partial charge in [0.05, 0.1) is 52.9 Å². The van der Waals surface area contributed by atoms with Crippen molar-refractivity contribution in [2.24, 2.45) is 0 Å². The first kappa shape index (κ1) is 78.1. The second-order valence-corrected chi connectivity index (χ2v) is 23.8. The molecule has 0 saturated carbocycles. The molecule has 95 heavy (non-hydrogen) atoms. The minimum Gasteiger partial charge on any atom is -0.394 e. The third-order valence-electron chi connectivity index (χ3n) is 17.5. The van der Waals surface area contributed by atoms with E-state index in [1.54, 1.807) is 0 Å². The number of aliphatic hydroxyl groups excluding tert-OH is 24. The molecule has 2 amide bonds. The first-order chi connectivity index (χ1) is 45.0. The molecule has 40 atom stereocenters. The van der Waals surface area contributed by atoms with Crippen molar-refractivity contribution in [1.29, 1.82) is 0 Å². The van der Waals surface area contributed by atoms with Crippen LogP contribution in [-0.4, -0.2) is 433 Å². The van der Waals surface area contributed by atoms with Gasteiger partial charge in [0.15, 0.2) is 50.3 Å². The highest BCUT2D eigenvalue weighted by Crippen LogP contribution is 2.39. The molecule has 1 unspecified atom stereocenters. The lowest BCUT2D eigenvalue weighted by atomic mass is 9.94. The zero-order valence-electron chi connectivity index (χ0n) is 50.4. The molecule has 8 aliphatic rings. The maximum atomic E-state index is 12.6. The minimum absolute atomic E-state index is 0.738. The first-order valence-electron chi connectivity index (χ1n) is 30.2. The van der Waals surface area contributed by atoms with E-state index in [4.69, 9.17) is 71.1 Å². The average Bonchev–Trinajstić information content (AvgIpc) is 0.816. The lowest BCUT2D eigenvalue weighted by Crippen LogP contribution is -2.70. The van der Waals surface area contributed by atoms with Crippen LogP contribution in [0.25, 0.3) is 0 Å². The largest absolute Gasteiger partial charge is 0.394 e. The van der Waals surface area contributed by atoms with E-state index >= 15 is 0 Å². The number of ether oxygens (including phenoxy) is 15. The molecule has 0 aromatic carbocycles. The highest BCUT2D eigenvalue weighted by atomic mass is 16.8. The molecule has 43 nitrogen and oxygen atoms in total. The van der Waals surface area contributed by atoms with E-state index in [0.717, 1.165) is 13.8 Å². The van der Waals surface area contributed by atoms with E-state index in [9.17, 15) is 132 Å². The third kappa shape index (κ3) is 16.7. The molecule has 0 radical (unpaired) electrons. The molecule has 26 N–H and O–H groups in total. The number of hydrogen-bond donors (Lipinski definition) is 26. The quantitative estimate of drug-likeness (QED) is 0.0427. The van der Waals surface area contributed by atoms with Crippen molar-refractivity contribution >= 4 is 11.8 Å². The van der Waals surface area contributed by atoms with Crippen molar-refractivity contribution in [3.63, 3.8) is 0 Å². The summed E-state index contributed by atoms with van der Waals surface area (Å²) in [5.41, 5.74) is 0. The maximum absolute atomic E-state index is 12.6. The number of carbonyl (C=O) groups excluding carboxylic acids is 2. The van der Waals surface area contributed by atoms with Gasteiger partial charge in [0.2, 0.25) is 11.8 Å². The highest BCUT2D eigenvalue weighted by Gasteiger charge is 2.60. The molecule has 0 bridgehead atoms. The second kappa shape index (κ2) is 33.9. The van der Waals surface area contributed by atoms with Crippen LogP contribution in [0.3, 0.4) is 0 Å². The molecule has 8 rings (SSSR count). The molecule has 8 saturated heterocycles. The fourth-order valence-electron chi connectivity index (χ4n) is 12.2. The molecule has 0 aliphatic carbocycles. The molecule has 0 aromatic rings. The average molecular weight is 1400 g/mol. The van der Waals surface area contributed by atoms with Crippen molar-refractivity contribution in [3.8, 4) is 0 Å². The van der Waals surface area contributed by atoms with Crippen LogP contribution in [0.15, 0.2) is 0 Å². The summed E-state index contributed by atoms with van der Waals surface area (Å²) in [7, 11) is 0. The number of rotatable bonds is 24. The number of hydrogen-bond acceptors (Lipinski definition) is 41. The van der Waals surface area contributed by atoms with Crippen LogP contribution in [0.5, 0.6) is 0 Å². The van der Waals surface area contributed by atoms with Crippen LogP contribution in [-0.2, 0) is 80.6 Å². The van der Waals surface area contributed by atoms with Crippen molar-refractivity contribution < 1.29 is 203 Å². The van der Waals surface area contributed by atoms with Gasteiger partial charge in [0.25, 0.3) is 0 Å². The molecular weight excluding hydrogens is 1310 g/mol. The Bertz CT molecular complexity index is 2390. The van der Waals surface area contributed by atoms with Crippen molar-refractivity contribution in [1.82, 2.24) is 10.6 Å². The van der Waals surface area contributed by atoms with Crippen molar-refractivity contribution in [2.45, 2.75) is 259 Å². The molecular formula is C52H88N2O41. The molecule has 43 heteroatoms. The van der Waals surface area contributed by atoms with Crippen molar-refractivity contribution in [2.75, 3.05) is 52.9 Å². The second-order valence-electron chi connectivity index (χ2n) is 23.8. The van der Waals surface area contributed by atoms with E-state index < -0.39 is 310 Å². The van der Waals surface area contributed by atoms with Gasteiger partial charge in [-0.3, -0.25) is 9.59 Å². The molecule has 8 fully saturated rings. The Morgan fingerprint density at radius 3 is 0.874 bits per heavy atom. The van der Waals surface area contributed by atoms with Crippen LogP contribution < -0.4 is 10.6 Å². The monoisotopic (exact) mass is 1400 g/mol. The zero-order chi connectivity index (χ0) is 69.9. The normalized spacial score (nSPS) is 50.8. The fourth-order valence-corrected chi connectivity index (χ4v) is 12.2. The summed E-state index contributed by atoms with van der Waals surface area (Å²) in [5.74, 6) is -1.60. The van der Waals surface area contributed by atoms with E-state index in [1.165, 1.54) is 0 Å². The number of amides is 2. The van der Waals surface area contributed by atoms with E-state index in [1.807, 2.05) is 0 Å². The van der Waals surface area contributed by atoms with Crippen LogP contribution in [0.4, 0.5) is 0 Å². The Morgan fingerprint density at radius 1 is 0.253 bits per heavy atom. The van der Waals surface area contributed by atoms with Gasteiger partial charge in [-0.15, -0.1) is 0 Å². The van der Waals surface area contributed by atoms with Crippen LogP contribution in [0.2, 0.25) is 0 Å². The topological polar surface area (TPSA) is 682 Å². The predicted octanol–water partition coefficient (Wildman–Crippen LogP) is -18.2. The lowest BCUT2D eigenvalue weighted by molar-refractivity contribution is -0.411. The molecule has 0 spiro atoms. The third-order valence-corrected chi connectivity index (χ3v) is 17.5. The SMILES string of the molecule is CC(=O)N[C@H]1[C@H](O[C@H]2[C@H](O)[C@@H](NC(C)=O)C(O)O[C@@H]2CO)O[C@H](CO)[C@@H](O[C@@H]2O[C@H](CO)[C@@H](O)[C@H](O[C@H]3O[C@H](CO)[C@@H](O)[C@H](O)[C@@H]3O[C@H]3O[C@H](CO)[C@@H](O)[C@H](O)[C@@H]3O[C@H]3O[C@H](CO)[C@@H](O)[C@H](O[C@H]4O[C@H](CO)[C@@H](O)[C@H](O[C@H]5O[C@H](CO)[C@@H](O)[C@H](O)[C@H]5O)[C@H]4O)[C@@H]3O)[C@@H]2O)[C@@H]1O. The Labute approximate surface area is 536 Å². The molecule has 8 aliphatic heterocycles. The summed E-state index contributed by atoms with van der Waals surface area (Å²) in [6.07, 6.45) is -78.3. The summed E-state index contributed by atoms with van der Waals surface area (Å²) in [6.45, 7) is -6.45. The van der Waals surface area contributed by atoms with Gasteiger partial charge < -0.3 is 204 Å². The Balaban J connectivity index is 1.03. The van der Waals surface area contributed by atoms with Gasteiger partial charge in [0, 0.05) is 13.8 Å². The van der Waals surface area contributed by atoms with E-state index in [2.05, 4.69) is 10.6 Å². The minimum atomic E-state index is -2.40. The number of aliphatic hydroxyl groups is 24. The Morgan fingerprint density at radius 2 is 0.505 bits per heavy atom. The molecule has 8 heterocycles. The number of nitrogens with one attached hydrogen (secondary N) is 2. The lowest BCUT2D eigenvalue weighted by Gasteiger charge is -2.51. The summed E-state index contributed by atoms with van der Waals surface area (Å²) >= 11 is 0. The van der Waals surface area contributed by atoms with Crippen LogP contribution in [0, 0.1) is 0 Å². The van der Waals surface area contributed by atoms with Gasteiger partial charge >= 0.3 is 0 Å². The van der Waals surface area contributed by atoms with Crippen LogP contribution >= 0.6 is 0 Å². The van der Waals surface area contributed by atoms with E-state index in [0.29, 0.717) is 0 Å². The molecule has 552 valence electrons. The fraction of sp³-hybridized carbons (Fsp3) is 0.962. The van der Waals surface area contributed by atoms with Gasteiger partial charge in [-0.2, -0.15) is 0 Å². The zero-order valence-corrected chi connectivity index (χ0v) is 50.4. The number of carbonyl (C=O) groups is 2. The highest BCUT2D eigenvalue weighted by molar-refractivity contribution is 5.73. The van der Waals surface area contributed by atoms with Crippen LogP contribution in [0.1, 0.15) is 13.8 Å². The summed E-state index contributed by atoms with van der Waals surface area (Å²) < 4.78 is 86.3. The maximum Gasteiger partial charge on any atom is 0.217 e. The summed E-state index contributed by atoms with van der Waals surface area (Å²) in [4.78, 5) is 24.6.